The molecular weight excluding hydrogens is 310 g/mol. The average molecular weight is 348 g/mol. The summed E-state index contributed by atoms with van der Waals surface area (Å²) in [6.07, 6.45) is 28.0. The van der Waals surface area contributed by atoms with Crippen molar-refractivity contribution in [2.24, 2.45) is 0 Å². The minimum atomic E-state index is 0.00289. The largest absolute Gasteiger partial charge is 0.395 e. The topological polar surface area (TPSA) is 49.3 Å². The minimum Gasteiger partial charge on any atom is -0.395 e. The SMILES string of the molecule is CCCCC/C=C/C/C=C/C/C=C/C/C=C\CCCC(=O)NCCO. The number of aliphatic hydroxyl groups excluding tert-OH is 1. The molecular formula is C22H37NO2. The summed E-state index contributed by atoms with van der Waals surface area (Å²) in [5.74, 6) is 0.0185. The fourth-order valence-electron chi connectivity index (χ4n) is 2.23. The molecule has 0 bridgehead atoms. The molecule has 3 nitrogen and oxygen atoms in total. The molecule has 0 aromatic heterocycles. The summed E-state index contributed by atoms with van der Waals surface area (Å²) < 4.78 is 0. The zero-order valence-corrected chi connectivity index (χ0v) is 16.0. The first-order chi connectivity index (χ1) is 12.3. The molecule has 3 heteroatoms. The molecule has 0 aliphatic carbocycles. The molecule has 25 heavy (non-hydrogen) atoms. The Balaban J connectivity index is 3.44. The standard InChI is InChI=1S/C22H37NO2/c1-2-3-4-5-6-7-8-9-10-11-12-13-14-15-16-17-18-19-22(25)23-20-21-24/h6-7,9-10,12-13,15-16,24H,2-5,8,11,14,17-21H2,1H3,(H,23,25)/b7-6+,10-9+,13-12+,16-15-. The van der Waals surface area contributed by atoms with Crippen LogP contribution in [0.5, 0.6) is 0 Å². The van der Waals surface area contributed by atoms with Gasteiger partial charge in [0, 0.05) is 13.0 Å². The lowest BCUT2D eigenvalue weighted by atomic mass is 10.2. The first kappa shape index (κ1) is 23.4. The van der Waals surface area contributed by atoms with Gasteiger partial charge in [-0.3, -0.25) is 4.79 Å². The summed E-state index contributed by atoms with van der Waals surface area (Å²) in [5, 5.41) is 11.2. The number of unbranched alkanes of at least 4 members (excludes halogenated alkanes) is 4. The molecule has 0 radical (unpaired) electrons. The van der Waals surface area contributed by atoms with Gasteiger partial charge in [-0.1, -0.05) is 68.4 Å². The van der Waals surface area contributed by atoms with E-state index in [2.05, 4.69) is 60.8 Å². The van der Waals surface area contributed by atoms with Crippen LogP contribution >= 0.6 is 0 Å². The molecule has 1 amide bonds. The van der Waals surface area contributed by atoms with Gasteiger partial charge in [-0.2, -0.15) is 0 Å². The Kier molecular flexibility index (Phi) is 19.1. The van der Waals surface area contributed by atoms with Gasteiger partial charge >= 0.3 is 0 Å². The van der Waals surface area contributed by atoms with Gasteiger partial charge in [0.05, 0.1) is 6.61 Å². The van der Waals surface area contributed by atoms with E-state index in [4.69, 9.17) is 5.11 Å². The predicted molar refractivity (Wildman–Crippen MR) is 108 cm³/mol. The van der Waals surface area contributed by atoms with Gasteiger partial charge in [-0.25, -0.2) is 0 Å². The lowest BCUT2D eigenvalue weighted by molar-refractivity contribution is -0.121. The van der Waals surface area contributed by atoms with E-state index in [1.165, 1.54) is 25.7 Å². The molecule has 0 aromatic carbocycles. The predicted octanol–water partition coefficient (Wildman–Crippen LogP) is 5.24. The molecule has 0 unspecified atom stereocenters. The molecule has 0 aliphatic heterocycles. The van der Waals surface area contributed by atoms with Crippen LogP contribution in [0.3, 0.4) is 0 Å². The number of nitrogens with one attached hydrogen (secondary N) is 1. The fraction of sp³-hybridized carbons (Fsp3) is 0.591. The summed E-state index contributed by atoms with van der Waals surface area (Å²) >= 11 is 0. The van der Waals surface area contributed by atoms with E-state index in [1.54, 1.807) is 0 Å². The number of rotatable bonds is 16. The van der Waals surface area contributed by atoms with Gasteiger partial charge in [0.25, 0.3) is 0 Å². The van der Waals surface area contributed by atoms with E-state index in [-0.39, 0.29) is 12.5 Å². The van der Waals surface area contributed by atoms with Crippen molar-refractivity contribution in [3.8, 4) is 0 Å². The number of amides is 1. The molecule has 0 saturated heterocycles. The Morgan fingerprint density at radius 2 is 1.32 bits per heavy atom. The second kappa shape index (κ2) is 20.4. The molecule has 0 rings (SSSR count). The zero-order valence-electron chi connectivity index (χ0n) is 16.0. The van der Waals surface area contributed by atoms with Gasteiger partial charge in [0.15, 0.2) is 0 Å². The second-order valence-electron chi connectivity index (χ2n) is 6.05. The van der Waals surface area contributed by atoms with Crippen molar-refractivity contribution in [2.45, 2.75) is 71.1 Å². The number of allylic oxidation sites excluding steroid dienone is 8. The molecule has 0 aromatic rings. The van der Waals surface area contributed by atoms with Crippen LogP contribution in [-0.4, -0.2) is 24.2 Å². The molecule has 142 valence electrons. The van der Waals surface area contributed by atoms with E-state index < -0.39 is 0 Å². The summed E-state index contributed by atoms with van der Waals surface area (Å²) in [6.45, 7) is 2.59. The molecule has 0 aliphatic rings. The van der Waals surface area contributed by atoms with E-state index in [0.29, 0.717) is 13.0 Å². The van der Waals surface area contributed by atoms with Gasteiger partial charge < -0.3 is 10.4 Å². The Labute approximate surface area is 154 Å². The van der Waals surface area contributed by atoms with Crippen molar-refractivity contribution >= 4 is 5.91 Å². The van der Waals surface area contributed by atoms with Crippen molar-refractivity contribution in [3.63, 3.8) is 0 Å². The minimum absolute atomic E-state index is 0.00289. The van der Waals surface area contributed by atoms with E-state index >= 15 is 0 Å². The third-order valence-electron chi connectivity index (χ3n) is 3.67. The zero-order chi connectivity index (χ0) is 18.4. The van der Waals surface area contributed by atoms with Crippen molar-refractivity contribution in [2.75, 3.05) is 13.2 Å². The maximum Gasteiger partial charge on any atom is 0.220 e. The van der Waals surface area contributed by atoms with Crippen molar-refractivity contribution in [3.05, 3.63) is 48.6 Å². The van der Waals surface area contributed by atoms with E-state index in [0.717, 1.165) is 32.1 Å². The Morgan fingerprint density at radius 1 is 0.800 bits per heavy atom. The number of hydrogen-bond acceptors (Lipinski definition) is 2. The molecule has 0 spiro atoms. The average Bonchev–Trinajstić information content (AvgIpc) is 2.62. The van der Waals surface area contributed by atoms with Gasteiger partial charge in [-0.05, 0) is 44.9 Å². The lowest BCUT2D eigenvalue weighted by Crippen LogP contribution is -2.25. The normalized spacial score (nSPS) is 12.2. The molecule has 0 atom stereocenters. The van der Waals surface area contributed by atoms with Gasteiger partial charge in [0.1, 0.15) is 0 Å². The van der Waals surface area contributed by atoms with Crippen LogP contribution in [-0.2, 0) is 4.79 Å². The highest BCUT2D eigenvalue weighted by atomic mass is 16.3. The molecule has 0 fully saturated rings. The van der Waals surface area contributed by atoms with Crippen LogP contribution in [0.4, 0.5) is 0 Å². The summed E-state index contributed by atoms with van der Waals surface area (Å²) in [5.41, 5.74) is 0. The van der Waals surface area contributed by atoms with Crippen molar-refractivity contribution in [1.82, 2.24) is 5.32 Å². The van der Waals surface area contributed by atoms with Crippen LogP contribution < -0.4 is 5.32 Å². The van der Waals surface area contributed by atoms with Gasteiger partial charge in [-0.15, -0.1) is 0 Å². The van der Waals surface area contributed by atoms with Crippen molar-refractivity contribution < 1.29 is 9.90 Å². The van der Waals surface area contributed by atoms with Crippen LogP contribution in [0.1, 0.15) is 71.1 Å². The first-order valence-electron chi connectivity index (χ1n) is 9.78. The van der Waals surface area contributed by atoms with Crippen LogP contribution in [0.25, 0.3) is 0 Å². The second-order valence-corrected chi connectivity index (χ2v) is 6.05. The fourth-order valence-corrected chi connectivity index (χ4v) is 2.23. The Morgan fingerprint density at radius 3 is 1.84 bits per heavy atom. The number of hydrogen-bond donors (Lipinski definition) is 2. The van der Waals surface area contributed by atoms with E-state index in [1.807, 2.05) is 0 Å². The number of carbonyl (C=O) groups excluding carboxylic acids is 1. The molecule has 2 N–H and O–H groups in total. The number of carbonyl (C=O) groups is 1. The summed E-state index contributed by atoms with van der Waals surface area (Å²) in [7, 11) is 0. The first-order valence-corrected chi connectivity index (χ1v) is 9.78. The van der Waals surface area contributed by atoms with Gasteiger partial charge in [0.2, 0.25) is 5.91 Å². The Bertz CT molecular complexity index is 408. The third-order valence-corrected chi connectivity index (χ3v) is 3.67. The lowest BCUT2D eigenvalue weighted by Gasteiger charge is -2.00. The highest BCUT2D eigenvalue weighted by Gasteiger charge is 1.97. The van der Waals surface area contributed by atoms with Crippen molar-refractivity contribution in [1.29, 1.82) is 0 Å². The Hall–Kier alpha value is -1.61. The highest BCUT2D eigenvalue weighted by Crippen LogP contribution is 2.01. The van der Waals surface area contributed by atoms with E-state index in [9.17, 15) is 4.79 Å². The monoisotopic (exact) mass is 347 g/mol. The van der Waals surface area contributed by atoms with Crippen LogP contribution in [0, 0.1) is 0 Å². The maximum absolute atomic E-state index is 11.3. The smallest absolute Gasteiger partial charge is 0.220 e. The third kappa shape index (κ3) is 20.3. The number of aliphatic hydroxyl groups is 1. The highest BCUT2D eigenvalue weighted by molar-refractivity contribution is 5.75. The summed E-state index contributed by atoms with van der Waals surface area (Å²) in [6, 6.07) is 0. The van der Waals surface area contributed by atoms with Crippen LogP contribution in [0.15, 0.2) is 48.6 Å². The quantitative estimate of drug-likeness (QED) is 0.296. The molecule has 0 saturated carbocycles. The maximum atomic E-state index is 11.3. The summed E-state index contributed by atoms with van der Waals surface area (Å²) in [4.78, 5) is 11.3. The molecule has 0 heterocycles. The van der Waals surface area contributed by atoms with Crippen LogP contribution in [0.2, 0.25) is 0 Å².